The topological polar surface area (TPSA) is 51.8 Å². The number of para-hydroxylation sites is 1. The SMILES string of the molecule is Clc1nc(-c2ccccc2-c2ccnc3c2oc2ccccc23)nc(Cl)c1-c1ccccc1. The van der Waals surface area contributed by atoms with Gasteiger partial charge < -0.3 is 4.42 Å². The van der Waals surface area contributed by atoms with Crippen molar-refractivity contribution < 1.29 is 4.42 Å². The van der Waals surface area contributed by atoms with Crippen LogP contribution in [0.4, 0.5) is 0 Å². The monoisotopic (exact) mass is 467 g/mol. The molecule has 33 heavy (non-hydrogen) atoms. The number of hydrogen-bond donors (Lipinski definition) is 0. The van der Waals surface area contributed by atoms with Crippen LogP contribution < -0.4 is 0 Å². The van der Waals surface area contributed by atoms with Gasteiger partial charge in [-0.05, 0) is 29.3 Å². The van der Waals surface area contributed by atoms with Gasteiger partial charge in [0.1, 0.15) is 21.4 Å². The van der Waals surface area contributed by atoms with Gasteiger partial charge in [-0.25, -0.2) is 9.97 Å². The minimum absolute atomic E-state index is 0.301. The van der Waals surface area contributed by atoms with Gasteiger partial charge in [0.15, 0.2) is 11.4 Å². The molecule has 3 heterocycles. The van der Waals surface area contributed by atoms with Gasteiger partial charge in [-0.1, -0.05) is 89.9 Å². The maximum atomic E-state index is 6.60. The number of aromatic nitrogens is 3. The maximum Gasteiger partial charge on any atom is 0.163 e. The van der Waals surface area contributed by atoms with Crippen LogP contribution in [-0.2, 0) is 0 Å². The third kappa shape index (κ3) is 3.35. The standard InChI is InChI=1S/C27H15Cl2N3O/c28-25-22(16-8-2-1-3-9-16)26(29)32-27(31-25)19-11-5-4-10-17(19)18-14-15-30-23-20-12-6-7-13-21(20)33-24(18)23/h1-15H. The van der Waals surface area contributed by atoms with Crippen LogP contribution >= 0.6 is 23.2 Å². The normalized spacial score (nSPS) is 11.3. The van der Waals surface area contributed by atoms with Crippen molar-refractivity contribution in [3.63, 3.8) is 0 Å². The molecule has 0 fully saturated rings. The molecule has 0 radical (unpaired) electrons. The number of furan rings is 1. The molecule has 6 aromatic rings. The molecule has 0 amide bonds. The predicted molar refractivity (Wildman–Crippen MR) is 133 cm³/mol. The average Bonchev–Trinajstić information content (AvgIpc) is 3.23. The van der Waals surface area contributed by atoms with Gasteiger partial charge in [-0.3, -0.25) is 4.98 Å². The number of nitrogens with zero attached hydrogens (tertiary/aromatic N) is 3. The molecule has 0 saturated carbocycles. The molecule has 158 valence electrons. The Morgan fingerprint density at radius 3 is 2.09 bits per heavy atom. The highest BCUT2D eigenvalue weighted by atomic mass is 35.5. The molecule has 6 heteroatoms. The van der Waals surface area contributed by atoms with E-state index >= 15 is 0 Å². The maximum absolute atomic E-state index is 6.60. The molecule has 3 aromatic heterocycles. The quantitative estimate of drug-likeness (QED) is 0.247. The van der Waals surface area contributed by atoms with Crippen LogP contribution in [0.15, 0.2) is 95.5 Å². The lowest BCUT2D eigenvalue weighted by molar-refractivity contribution is 0.669. The number of pyridine rings is 1. The summed E-state index contributed by atoms with van der Waals surface area (Å²) in [6.45, 7) is 0. The van der Waals surface area contributed by atoms with Crippen LogP contribution in [0.5, 0.6) is 0 Å². The highest BCUT2D eigenvalue weighted by Gasteiger charge is 2.19. The van der Waals surface area contributed by atoms with Crippen LogP contribution in [0.25, 0.3) is 55.7 Å². The summed E-state index contributed by atoms with van der Waals surface area (Å²) >= 11 is 13.2. The van der Waals surface area contributed by atoms with Crippen molar-refractivity contribution >= 4 is 45.3 Å². The molecular weight excluding hydrogens is 453 g/mol. The Hall–Kier alpha value is -3.73. The largest absolute Gasteiger partial charge is 0.454 e. The molecule has 0 saturated heterocycles. The zero-order chi connectivity index (χ0) is 22.4. The number of benzene rings is 3. The minimum Gasteiger partial charge on any atom is -0.454 e. The summed E-state index contributed by atoms with van der Waals surface area (Å²) in [7, 11) is 0. The second-order valence-electron chi connectivity index (χ2n) is 7.55. The van der Waals surface area contributed by atoms with E-state index in [9.17, 15) is 0 Å². The van der Waals surface area contributed by atoms with E-state index in [1.807, 2.05) is 84.9 Å². The molecule has 0 atom stereocenters. The second-order valence-corrected chi connectivity index (χ2v) is 8.27. The first-order valence-corrected chi connectivity index (χ1v) is 11.1. The van der Waals surface area contributed by atoms with Gasteiger partial charge in [0.05, 0.1) is 5.56 Å². The van der Waals surface area contributed by atoms with Crippen molar-refractivity contribution in [3.8, 4) is 33.6 Å². The van der Waals surface area contributed by atoms with Gasteiger partial charge in [-0.2, -0.15) is 0 Å². The van der Waals surface area contributed by atoms with Gasteiger partial charge in [0.25, 0.3) is 0 Å². The number of rotatable bonds is 3. The summed E-state index contributed by atoms with van der Waals surface area (Å²) in [5.74, 6) is 0.446. The number of halogens is 2. The molecule has 4 nitrogen and oxygen atoms in total. The van der Waals surface area contributed by atoms with Crippen LogP contribution in [0, 0.1) is 0 Å². The number of fused-ring (bicyclic) bond motifs is 3. The molecule has 0 bridgehead atoms. The van der Waals surface area contributed by atoms with Crippen molar-refractivity contribution in [3.05, 3.63) is 101 Å². The highest BCUT2D eigenvalue weighted by molar-refractivity contribution is 6.37. The summed E-state index contributed by atoms with van der Waals surface area (Å²) in [6, 6.07) is 27.3. The molecule has 0 aliphatic carbocycles. The summed E-state index contributed by atoms with van der Waals surface area (Å²) < 4.78 is 6.20. The fourth-order valence-electron chi connectivity index (χ4n) is 4.10. The Morgan fingerprint density at radius 1 is 0.636 bits per heavy atom. The predicted octanol–water partition coefficient (Wildman–Crippen LogP) is 8.08. The van der Waals surface area contributed by atoms with E-state index < -0.39 is 0 Å². The van der Waals surface area contributed by atoms with E-state index in [-0.39, 0.29) is 0 Å². The van der Waals surface area contributed by atoms with Crippen molar-refractivity contribution in [2.45, 2.75) is 0 Å². The minimum atomic E-state index is 0.301. The highest BCUT2D eigenvalue weighted by Crippen LogP contribution is 2.40. The summed E-state index contributed by atoms with van der Waals surface area (Å²) in [4.78, 5) is 13.8. The molecule has 6 rings (SSSR count). The van der Waals surface area contributed by atoms with E-state index in [1.54, 1.807) is 6.20 Å². The lowest BCUT2D eigenvalue weighted by atomic mass is 9.98. The van der Waals surface area contributed by atoms with Crippen LogP contribution in [0.1, 0.15) is 0 Å². The molecule has 0 spiro atoms. The zero-order valence-electron chi connectivity index (χ0n) is 17.2. The Balaban J connectivity index is 1.56. The summed E-state index contributed by atoms with van der Waals surface area (Å²) in [6.07, 6.45) is 1.79. The molecule has 0 N–H and O–H groups in total. The van der Waals surface area contributed by atoms with E-state index in [0.717, 1.165) is 38.7 Å². The van der Waals surface area contributed by atoms with Crippen LogP contribution in [-0.4, -0.2) is 15.0 Å². The molecule has 0 aliphatic rings. The first kappa shape index (κ1) is 19.9. The fourth-order valence-corrected chi connectivity index (χ4v) is 4.71. The van der Waals surface area contributed by atoms with Gasteiger partial charge in [0, 0.05) is 22.7 Å². The van der Waals surface area contributed by atoms with E-state index in [1.165, 1.54) is 0 Å². The third-order valence-electron chi connectivity index (χ3n) is 5.60. The first-order chi connectivity index (χ1) is 16.2. The smallest absolute Gasteiger partial charge is 0.163 e. The van der Waals surface area contributed by atoms with Crippen molar-refractivity contribution in [2.75, 3.05) is 0 Å². The average molecular weight is 468 g/mol. The van der Waals surface area contributed by atoms with Gasteiger partial charge >= 0.3 is 0 Å². The third-order valence-corrected chi connectivity index (χ3v) is 6.15. The van der Waals surface area contributed by atoms with Gasteiger partial charge in [0.2, 0.25) is 0 Å². The molecule has 3 aromatic carbocycles. The van der Waals surface area contributed by atoms with E-state index in [4.69, 9.17) is 27.6 Å². The lowest BCUT2D eigenvalue weighted by Crippen LogP contribution is -1.96. The van der Waals surface area contributed by atoms with E-state index in [2.05, 4.69) is 15.0 Å². The molecule has 0 aliphatic heterocycles. The van der Waals surface area contributed by atoms with E-state index in [0.29, 0.717) is 27.3 Å². The summed E-state index contributed by atoms with van der Waals surface area (Å²) in [5.41, 5.74) is 6.40. The second kappa shape index (κ2) is 8.00. The van der Waals surface area contributed by atoms with Crippen molar-refractivity contribution in [1.82, 2.24) is 15.0 Å². The Kier molecular flexibility index (Phi) is 4.83. The van der Waals surface area contributed by atoms with Gasteiger partial charge in [-0.15, -0.1) is 0 Å². The Morgan fingerprint density at radius 2 is 1.30 bits per heavy atom. The number of hydrogen-bond acceptors (Lipinski definition) is 4. The molecular formula is C27H15Cl2N3O. The lowest BCUT2D eigenvalue weighted by Gasteiger charge is -2.12. The Labute approximate surface area is 199 Å². The Bertz CT molecular complexity index is 1620. The zero-order valence-corrected chi connectivity index (χ0v) is 18.7. The summed E-state index contributed by atoms with van der Waals surface area (Å²) in [5, 5.41) is 1.57. The fraction of sp³-hybridized carbons (Fsp3) is 0. The van der Waals surface area contributed by atoms with Crippen LogP contribution in [0.3, 0.4) is 0 Å². The molecule has 0 unspecified atom stereocenters. The van der Waals surface area contributed by atoms with Crippen molar-refractivity contribution in [1.29, 1.82) is 0 Å². The first-order valence-electron chi connectivity index (χ1n) is 10.3. The van der Waals surface area contributed by atoms with Crippen molar-refractivity contribution in [2.24, 2.45) is 0 Å². The van der Waals surface area contributed by atoms with Crippen LogP contribution in [0.2, 0.25) is 10.3 Å².